The van der Waals surface area contributed by atoms with E-state index in [-0.39, 0.29) is 18.2 Å². The van der Waals surface area contributed by atoms with Gasteiger partial charge in [0.25, 0.3) is 5.91 Å². The van der Waals surface area contributed by atoms with Crippen LogP contribution in [0.5, 0.6) is 0 Å². The molecule has 30 heavy (non-hydrogen) atoms. The van der Waals surface area contributed by atoms with Crippen molar-refractivity contribution in [3.05, 3.63) is 95.2 Å². The molecule has 152 valence electrons. The topological polar surface area (TPSA) is 64.3 Å². The van der Waals surface area contributed by atoms with Crippen molar-refractivity contribution in [2.45, 2.75) is 12.8 Å². The number of ketones is 1. The van der Waals surface area contributed by atoms with Crippen LogP contribution < -0.4 is 4.73 Å². The molecule has 1 aromatic heterocycles. The summed E-state index contributed by atoms with van der Waals surface area (Å²) in [5.74, 6) is -1.28. The average Bonchev–Trinajstić information content (AvgIpc) is 2.78. The van der Waals surface area contributed by atoms with Gasteiger partial charge in [0.1, 0.15) is 11.4 Å². The molecule has 2 heterocycles. The van der Waals surface area contributed by atoms with Gasteiger partial charge in [-0.05, 0) is 30.5 Å². The van der Waals surface area contributed by atoms with Crippen LogP contribution in [-0.2, 0) is 0 Å². The van der Waals surface area contributed by atoms with Crippen LogP contribution in [0.2, 0.25) is 0 Å². The molecule has 1 atom stereocenters. The first-order chi connectivity index (χ1) is 14.5. The van der Waals surface area contributed by atoms with E-state index < -0.39 is 11.7 Å². The summed E-state index contributed by atoms with van der Waals surface area (Å²) >= 11 is 0. The molecule has 1 fully saturated rings. The number of pyridine rings is 1. The van der Waals surface area contributed by atoms with Gasteiger partial charge in [0.2, 0.25) is 0 Å². The summed E-state index contributed by atoms with van der Waals surface area (Å²) < 4.78 is 15.3. The minimum atomic E-state index is -0.444. The molecule has 0 saturated carbocycles. The van der Waals surface area contributed by atoms with Crippen LogP contribution in [0.15, 0.2) is 73.1 Å². The minimum Gasteiger partial charge on any atom is -0.619 e. The highest BCUT2D eigenvalue weighted by atomic mass is 19.1. The highest BCUT2D eigenvalue weighted by Crippen LogP contribution is 2.27. The second-order valence-corrected chi connectivity index (χ2v) is 7.47. The number of amides is 1. The molecule has 1 unspecified atom stereocenters. The molecule has 0 radical (unpaired) electrons. The van der Waals surface area contributed by atoms with E-state index in [1.54, 1.807) is 23.1 Å². The van der Waals surface area contributed by atoms with E-state index in [0.717, 1.165) is 5.56 Å². The Kier molecular flexibility index (Phi) is 5.57. The number of benzene rings is 2. The lowest BCUT2D eigenvalue weighted by molar-refractivity contribution is -0.605. The highest BCUT2D eigenvalue weighted by Gasteiger charge is 2.30. The van der Waals surface area contributed by atoms with E-state index >= 15 is 0 Å². The Bertz CT molecular complexity index is 1080. The predicted octanol–water partition coefficient (Wildman–Crippen LogP) is 3.86. The zero-order valence-electron chi connectivity index (χ0n) is 16.3. The third-order valence-electron chi connectivity index (χ3n) is 5.44. The Morgan fingerprint density at radius 3 is 2.57 bits per heavy atom. The second-order valence-electron chi connectivity index (χ2n) is 7.47. The monoisotopic (exact) mass is 404 g/mol. The predicted molar refractivity (Wildman–Crippen MR) is 110 cm³/mol. The van der Waals surface area contributed by atoms with Crippen molar-refractivity contribution < 1.29 is 18.7 Å². The SMILES string of the molecule is O=C(c1ccc(-c2ccccc2)c(F)c1)C1CCCN(C(=O)c2ccc[n+]([O-])c2)C1. The van der Waals surface area contributed by atoms with Gasteiger partial charge in [-0.3, -0.25) is 9.59 Å². The Morgan fingerprint density at radius 2 is 1.83 bits per heavy atom. The third-order valence-corrected chi connectivity index (χ3v) is 5.44. The van der Waals surface area contributed by atoms with Gasteiger partial charge in [0.05, 0.1) is 0 Å². The Balaban J connectivity index is 1.50. The van der Waals surface area contributed by atoms with Crippen molar-refractivity contribution in [3.8, 4) is 11.1 Å². The molecule has 1 aliphatic rings. The number of likely N-dealkylation sites (tertiary alicyclic amines) is 1. The zero-order valence-corrected chi connectivity index (χ0v) is 16.3. The average molecular weight is 404 g/mol. The lowest BCUT2D eigenvalue weighted by Crippen LogP contribution is -2.43. The van der Waals surface area contributed by atoms with Crippen molar-refractivity contribution in [1.29, 1.82) is 0 Å². The standard InChI is InChI=1S/C24H21FN2O3/c25-22-14-18(10-11-21(22)17-6-2-1-3-7-17)23(28)19-8-4-12-26(15-19)24(29)20-9-5-13-27(30)16-20/h1-3,5-7,9-11,13-14,16,19H,4,8,12,15H2. The molecule has 0 aliphatic carbocycles. The Labute approximate surface area is 174 Å². The molecule has 5 nitrogen and oxygen atoms in total. The summed E-state index contributed by atoms with van der Waals surface area (Å²) in [6.45, 7) is 0.783. The van der Waals surface area contributed by atoms with E-state index in [1.165, 1.54) is 24.5 Å². The van der Waals surface area contributed by atoms with Crippen LogP contribution in [0.1, 0.15) is 33.6 Å². The fraction of sp³-hybridized carbons (Fsp3) is 0.208. The van der Waals surface area contributed by atoms with Crippen LogP contribution in [0.3, 0.4) is 0 Å². The first-order valence-corrected chi connectivity index (χ1v) is 9.90. The summed E-state index contributed by atoms with van der Waals surface area (Å²) in [5.41, 5.74) is 1.80. The summed E-state index contributed by atoms with van der Waals surface area (Å²) in [6, 6.07) is 16.8. The lowest BCUT2D eigenvalue weighted by Gasteiger charge is -2.32. The minimum absolute atomic E-state index is 0.169. The summed E-state index contributed by atoms with van der Waals surface area (Å²) in [5, 5.41) is 11.5. The maximum absolute atomic E-state index is 14.7. The fourth-order valence-corrected chi connectivity index (χ4v) is 3.90. The molecule has 1 saturated heterocycles. The third kappa shape index (κ3) is 4.08. The second kappa shape index (κ2) is 8.45. The Hall–Kier alpha value is -3.54. The molecular weight excluding hydrogens is 383 g/mol. The molecule has 6 heteroatoms. The van der Waals surface area contributed by atoms with E-state index in [9.17, 15) is 19.2 Å². The number of Topliss-reactive ketones (excluding diaryl/α,β-unsaturated/α-hetero) is 1. The number of hydrogen-bond acceptors (Lipinski definition) is 3. The van der Waals surface area contributed by atoms with Gasteiger partial charge in [-0.15, -0.1) is 0 Å². The number of nitrogens with zero attached hydrogens (tertiary/aromatic N) is 2. The molecule has 3 aromatic rings. The van der Waals surface area contributed by atoms with Crippen molar-refractivity contribution >= 4 is 11.7 Å². The normalized spacial score (nSPS) is 16.3. The van der Waals surface area contributed by atoms with Gasteiger partial charge in [0.15, 0.2) is 18.2 Å². The number of carbonyl (C=O) groups excluding carboxylic acids is 2. The van der Waals surface area contributed by atoms with E-state index in [2.05, 4.69) is 0 Å². The number of hydrogen-bond donors (Lipinski definition) is 0. The fourth-order valence-electron chi connectivity index (χ4n) is 3.90. The summed E-state index contributed by atoms with van der Waals surface area (Å²) in [7, 11) is 0. The highest BCUT2D eigenvalue weighted by molar-refractivity contribution is 5.99. The van der Waals surface area contributed by atoms with Gasteiger partial charge in [-0.25, -0.2) is 4.39 Å². The van der Waals surface area contributed by atoms with E-state index in [4.69, 9.17) is 0 Å². The lowest BCUT2D eigenvalue weighted by atomic mass is 9.89. The van der Waals surface area contributed by atoms with Crippen molar-refractivity contribution in [2.75, 3.05) is 13.1 Å². The smallest absolute Gasteiger partial charge is 0.259 e. The van der Waals surface area contributed by atoms with E-state index in [1.807, 2.05) is 30.3 Å². The summed E-state index contributed by atoms with van der Waals surface area (Å²) in [6.07, 6.45) is 3.86. The van der Waals surface area contributed by atoms with Crippen LogP contribution in [-0.4, -0.2) is 29.7 Å². The van der Waals surface area contributed by atoms with Gasteiger partial charge >= 0.3 is 0 Å². The maximum atomic E-state index is 14.7. The van der Waals surface area contributed by atoms with Crippen LogP contribution in [0.4, 0.5) is 4.39 Å². The number of aromatic nitrogens is 1. The molecule has 0 spiro atoms. The van der Waals surface area contributed by atoms with Crippen molar-refractivity contribution in [3.63, 3.8) is 0 Å². The zero-order chi connectivity index (χ0) is 21.1. The molecule has 2 aromatic carbocycles. The summed E-state index contributed by atoms with van der Waals surface area (Å²) in [4.78, 5) is 27.3. The van der Waals surface area contributed by atoms with Crippen LogP contribution in [0.25, 0.3) is 11.1 Å². The van der Waals surface area contributed by atoms with E-state index in [0.29, 0.717) is 40.8 Å². The molecular formula is C24H21FN2O3. The largest absolute Gasteiger partial charge is 0.619 e. The van der Waals surface area contributed by atoms with Crippen LogP contribution in [0, 0.1) is 16.9 Å². The number of carbonyl (C=O) groups is 2. The van der Waals surface area contributed by atoms with Gasteiger partial charge in [0, 0.05) is 36.2 Å². The maximum Gasteiger partial charge on any atom is 0.259 e. The number of rotatable bonds is 4. The quantitative estimate of drug-likeness (QED) is 0.377. The van der Waals surface area contributed by atoms with Crippen molar-refractivity contribution in [1.82, 2.24) is 4.90 Å². The molecule has 4 rings (SSSR count). The van der Waals surface area contributed by atoms with Crippen LogP contribution >= 0.6 is 0 Å². The molecule has 1 amide bonds. The molecule has 0 N–H and O–H groups in total. The first-order valence-electron chi connectivity index (χ1n) is 9.90. The van der Waals surface area contributed by atoms with Gasteiger partial charge in [-0.2, -0.15) is 4.73 Å². The first kappa shape index (κ1) is 19.8. The molecule has 1 aliphatic heterocycles. The van der Waals surface area contributed by atoms with Gasteiger partial charge < -0.3 is 10.1 Å². The number of halogens is 1. The van der Waals surface area contributed by atoms with Crippen molar-refractivity contribution in [2.24, 2.45) is 5.92 Å². The Morgan fingerprint density at radius 1 is 1.03 bits per heavy atom. The van der Waals surface area contributed by atoms with Gasteiger partial charge in [-0.1, -0.05) is 42.5 Å². The number of piperidine rings is 1. The molecule has 0 bridgehead atoms.